The first-order chi connectivity index (χ1) is 8.20. The number of nitrogens with one attached hydrogen (secondary N) is 1. The molecule has 1 aliphatic heterocycles. The number of methoxy groups -OCH3 is 1. The van der Waals surface area contributed by atoms with Crippen LogP contribution < -0.4 is 10.1 Å². The third-order valence-corrected chi connectivity index (χ3v) is 3.45. The number of aryl methyl sites for hydroxylation is 1. The van der Waals surface area contributed by atoms with Crippen LogP contribution >= 0.6 is 0 Å². The molecule has 94 valence electrons. The first-order valence-corrected chi connectivity index (χ1v) is 6.29. The molecule has 1 aromatic rings. The average Bonchev–Trinajstić information content (AvgIpc) is 2.32. The van der Waals surface area contributed by atoms with E-state index in [2.05, 4.69) is 42.3 Å². The average molecular weight is 234 g/mol. The van der Waals surface area contributed by atoms with Crippen LogP contribution in [0, 0.1) is 6.92 Å². The summed E-state index contributed by atoms with van der Waals surface area (Å²) >= 11 is 0. The third kappa shape index (κ3) is 2.99. The number of benzene rings is 1. The maximum absolute atomic E-state index is 5.43. The summed E-state index contributed by atoms with van der Waals surface area (Å²) in [7, 11) is 1.75. The Morgan fingerprint density at radius 3 is 3.00 bits per heavy atom. The van der Waals surface area contributed by atoms with Crippen LogP contribution in [-0.4, -0.2) is 37.7 Å². The van der Waals surface area contributed by atoms with Gasteiger partial charge in [0, 0.05) is 37.8 Å². The Morgan fingerprint density at radius 1 is 1.47 bits per heavy atom. The van der Waals surface area contributed by atoms with Crippen molar-refractivity contribution in [2.45, 2.75) is 26.4 Å². The van der Waals surface area contributed by atoms with Gasteiger partial charge in [-0.3, -0.25) is 4.90 Å². The van der Waals surface area contributed by atoms with E-state index in [-0.39, 0.29) is 0 Å². The third-order valence-electron chi connectivity index (χ3n) is 3.45. The van der Waals surface area contributed by atoms with Gasteiger partial charge in [0.05, 0.1) is 7.11 Å². The second-order valence-electron chi connectivity index (χ2n) is 4.84. The summed E-state index contributed by atoms with van der Waals surface area (Å²) in [5.74, 6) is 1.00. The summed E-state index contributed by atoms with van der Waals surface area (Å²) < 4.78 is 5.43. The Morgan fingerprint density at radius 2 is 2.29 bits per heavy atom. The fourth-order valence-corrected chi connectivity index (χ4v) is 2.37. The molecule has 17 heavy (non-hydrogen) atoms. The smallest absolute Gasteiger partial charge is 0.123 e. The fourth-order valence-electron chi connectivity index (χ4n) is 2.37. The van der Waals surface area contributed by atoms with Crippen molar-refractivity contribution in [2.24, 2.45) is 0 Å². The molecule has 1 unspecified atom stereocenters. The number of nitrogens with zero attached hydrogens (tertiary/aromatic N) is 1. The zero-order chi connectivity index (χ0) is 12.3. The highest BCUT2D eigenvalue weighted by Crippen LogP contribution is 2.22. The SMILES string of the molecule is COc1ccc(C)cc1CN1CCNCC1C. The van der Waals surface area contributed by atoms with Gasteiger partial charge in [-0.25, -0.2) is 0 Å². The van der Waals surface area contributed by atoms with E-state index in [1.807, 2.05) is 0 Å². The highest BCUT2D eigenvalue weighted by Gasteiger charge is 2.19. The van der Waals surface area contributed by atoms with E-state index in [1.54, 1.807) is 7.11 Å². The number of hydrogen-bond donors (Lipinski definition) is 1. The zero-order valence-electron chi connectivity index (χ0n) is 11.0. The van der Waals surface area contributed by atoms with Crippen LogP contribution in [0.5, 0.6) is 5.75 Å². The number of rotatable bonds is 3. The van der Waals surface area contributed by atoms with Crippen LogP contribution in [-0.2, 0) is 6.54 Å². The van der Waals surface area contributed by atoms with E-state index in [4.69, 9.17) is 4.74 Å². The molecule has 0 aliphatic carbocycles. The van der Waals surface area contributed by atoms with Gasteiger partial charge in [0.2, 0.25) is 0 Å². The topological polar surface area (TPSA) is 24.5 Å². The van der Waals surface area contributed by atoms with E-state index in [9.17, 15) is 0 Å². The lowest BCUT2D eigenvalue weighted by Crippen LogP contribution is -2.49. The van der Waals surface area contributed by atoms with Crippen LogP contribution in [0.1, 0.15) is 18.1 Å². The summed E-state index contributed by atoms with van der Waals surface area (Å²) in [6.07, 6.45) is 0. The number of ether oxygens (including phenoxy) is 1. The van der Waals surface area contributed by atoms with Crippen LogP contribution in [0.25, 0.3) is 0 Å². The molecule has 0 saturated carbocycles. The molecule has 0 bridgehead atoms. The van der Waals surface area contributed by atoms with Crippen LogP contribution in [0.15, 0.2) is 18.2 Å². The lowest BCUT2D eigenvalue weighted by Gasteiger charge is -2.34. The minimum absolute atomic E-state index is 0.592. The summed E-state index contributed by atoms with van der Waals surface area (Å²) in [4.78, 5) is 2.51. The summed E-state index contributed by atoms with van der Waals surface area (Å²) in [6, 6.07) is 6.99. The van der Waals surface area contributed by atoms with E-state index in [1.165, 1.54) is 11.1 Å². The molecule has 0 spiro atoms. The molecule has 3 nitrogen and oxygen atoms in total. The van der Waals surface area contributed by atoms with Gasteiger partial charge in [0.1, 0.15) is 5.75 Å². The van der Waals surface area contributed by atoms with Crippen molar-refractivity contribution >= 4 is 0 Å². The highest BCUT2D eigenvalue weighted by atomic mass is 16.5. The number of hydrogen-bond acceptors (Lipinski definition) is 3. The van der Waals surface area contributed by atoms with Crippen molar-refractivity contribution in [3.05, 3.63) is 29.3 Å². The lowest BCUT2D eigenvalue weighted by atomic mass is 10.1. The van der Waals surface area contributed by atoms with Gasteiger partial charge in [0.15, 0.2) is 0 Å². The van der Waals surface area contributed by atoms with Crippen LogP contribution in [0.3, 0.4) is 0 Å². The fraction of sp³-hybridized carbons (Fsp3) is 0.571. The number of piperazine rings is 1. The second kappa shape index (κ2) is 5.52. The standard InChI is InChI=1S/C14H22N2O/c1-11-4-5-14(17-3)13(8-11)10-16-7-6-15-9-12(16)2/h4-5,8,12,15H,6-7,9-10H2,1-3H3. The molecular weight excluding hydrogens is 212 g/mol. The summed E-state index contributed by atoms with van der Waals surface area (Å²) in [5.41, 5.74) is 2.59. The van der Waals surface area contributed by atoms with Gasteiger partial charge in [-0.1, -0.05) is 17.7 Å². The van der Waals surface area contributed by atoms with Crippen LogP contribution in [0.4, 0.5) is 0 Å². The minimum atomic E-state index is 0.592. The predicted molar refractivity (Wildman–Crippen MR) is 70.5 cm³/mol. The lowest BCUT2D eigenvalue weighted by molar-refractivity contribution is 0.164. The first-order valence-electron chi connectivity index (χ1n) is 6.29. The van der Waals surface area contributed by atoms with Crippen LogP contribution in [0.2, 0.25) is 0 Å². The molecule has 1 saturated heterocycles. The second-order valence-corrected chi connectivity index (χ2v) is 4.84. The highest BCUT2D eigenvalue weighted by molar-refractivity contribution is 5.36. The van der Waals surface area contributed by atoms with Crippen molar-refractivity contribution in [2.75, 3.05) is 26.7 Å². The molecule has 0 aromatic heterocycles. The minimum Gasteiger partial charge on any atom is -0.496 e. The van der Waals surface area contributed by atoms with Gasteiger partial charge >= 0.3 is 0 Å². The van der Waals surface area contributed by atoms with Gasteiger partial charge in [-0.15, -0.1) is 0 Å². The molecule has 1 heterocycles. The van der Waals surface area contributed by atoms with E-state index in [0.717, 1.165) is 31.9 Å². The van der Waals surface area contributed by atoms with E-state index >= 15 is 0 Å². The molecule has 0 radical (unpaired) electrons. The zero-order valence-corrected chi connectivity index (χ0v) is 11.0. The van der Waals surface area contributed by atoms with Crippen molar-refractivity contribution in [1.82, 2.24) is 10.2 Å². The Bertz CT molecular complexity index is 378. The Labute approximate surface area is 104 Å². The monoisotopic (exact) mass is 234 g/mol. The molecule has 1 atom stereocenters. The van der Waals surface area contributed by atoms with E-state index < -0.39 is 0 Å². The Balaban J connectivity index is 2.13. The van der Waals surface area contributed by atoms with E-state index in [0.29, 0.717) is 6.04 Å². The van der Waals surface area contributed by atoms with Gasteiger partial charge in [-0.05, 0) is 19.9 Å². The maximum Gasteiger partial charge on any atom is 0.123 e. The van der Waals surface area contributed by atoms with Crippen molar-refractivity contribution in [3.8, 4) is 5.75 Å². The summed E-state index contributed by atoms with van der Waals surface area (Å²) in [6.45, 7) is 8.65. The van der Waals surface area contributed by atoms with Crippen molar-refractivity contribution < 1.29 is 4.74 Å². The molecule has 1 aromatic carbocycles. The quantitative estimate of drug-likeness (QED) is 0.863. The molecular formula is C14H22N2O. The van der Waals surface area contributed by atoms with Gasteiger partial charge in [-0.2, -0.15) is 0 Å². The Hall–Kier alpha value is -1.06. The molecule has 3 heteroatoms. The normalized spacial score (nSPS) is 21.5. The van der Waals surface area contributed by atoms with Gasteiger partial charge < -0.3 is 10.1 Å². The predicted octanol–water partition coefficient (Wildman–Crippen LogP) is 1.80. The maximum atomic E-state index is 5.43. The van der Waals surface area contributed by atoms with Crippen molar-refractivity contribution in [1.29, 1.82) is 0 Å². The van der Waals surface area contributed by atoms with Gasteiger partial charge in [0.25, 0.3) is 0 Å². The Kier molecular flexibility index (Phi) is 4.02. The first kappa shape index (κ1) is 12.4. The van der Waals surface area contributed by atoms with Crippen molar-refractivity contribution in [3.63, 3.8) is 0 Å². The molecule has 1 N–H and O–H groups in total. The molecule has 1 fully saturated rings. The summed E-state index contributed by atoms with van der Waals surface area (Å²) in [5, 5.41) is 3.42. The molecule has 1 aliphatic rings. The molecule has 0 amide bonds. The largest absolute Gasteiger partial charge is 0.496 e. The molecule has 2 rings (SSSR count).